The smallest absolute Gasteiger partial charge is 0.394 e. The molecular formula is C91H90F12N8O12. The van der Waals surface area contributed by atoms with E-state index >= 15 is 0 Å². The van der Waals surface area contributed by atoms with E-state index in [1.54, 1.807) is 91.0 Å². The molecule has 650 valence electrons. The third-order valence-corrected chi connectivity index (χ3v) is 23.1. The lowest BCUT2D eigenvalue weighted by molar-refractivity contribution is -0.247. The number of aromatic nitrogens is 8. The third-order valence-electron chi connectivity index (χ3n) is 23.1. The number of hydrogen-bond acceptors (Lipinski definition) is 16. The fourth-order valence-corrected chi connectivity index (χ4v) is 16.4. The molecule has 0 saturated heterocycles. The van der Waals surface area contributed by atoms with Gasteiger partial charge in [0.1, 0.15) is 11.1 Å². The van der Waals surface area contributed by atoms with Gasteiger partial charge in [-0.3, -0.25) is 18.7 Å². The molecule has 4 heterocycles. The predicted molar refractivity (Wildman–Crippen MR) is 432 cm³/mol. The van der Waals surface area contributed by atoms with Crippen molar-refractivity contribution in [2.45, 2.75) is 139 Å². The number of alkyl halides is 12. The first-order chi connectivity index (χ1) is 57.8. The van der Waals surface area contributed by atoms with Crippen LogP contribution in [0.1, 0.15) is 117 Å². The zero-order chi connectivity index (χ0) is 89.5. The number of fused-ring (bicyclic) bond motifs is 12. The summed E-state index contributed by atoms with van der Waals surface area (Å²) in [7, 11) is 0. The van der Waals surface area contributed by atoms with Gasteiger partial charge in [0.05, 0.1) is 83.7 Å². The molecule has 0 saturated carbocycles. The number of halogens is 12. The van der Waals surface area contributed by atoms with Crippen LogP contribution in [0.3, 0.4) is 0 Å². The fourth-order valence-electron chi connectivity index (χ4n) is 16.4. The van der Waals surface area contributed by atoms with E-state index in [-0.39, 0.29) is 110 Å². The molecule has 123 heavy (non-hydrogen) atoms. The zero-order valence-electron chi connectivity index (χ0n) is 67.5. The number of rotatable bonds is 18. The number of aliphatic hydroxyl groups is 12. The lowest BCUT2D eigenvalue weighted by Gasteiger charge is -2.29. The Morgan fingerprint density at radius 3 is 1.13 bits per heavy atom. The molecule has 0 aliphatic heterocycles. The van der Waals surface area contributed by atoms with Gasteiger partial charge in [-0.25, -0.2) is 0 Å². The van der Waals surface area contributed by atoms with Crippen molar-refractivity contribution in [3.8, 4) is 89.0 Å². The molecule has 0 radical (unpaired) electrons. The van der Waals surface area contributed by atoms with E-state index in [1.807, 2.05) is 6.07 Å². The maximum atomic E-state index is 14.4. The molecule has 12 aromatic rings. The molecule has 12 N–H and O–H groups in total. The summed E-state index contributed by atoms with van der Waals surface area (Å²) >= 11 is 0. The van der Waals surface area contributed by atoms with E-state index in [1.165, 1.54) is 136 Å². The third kappa shape index (κ3) is 15.5. The van der Waals surface area contributed by atoms with Crippen molar-refractivity contribution in [2.24, 2.45) is 10.8 Å². The van der Waals surface area contributed by atoms with Crippen molar-refractivity contribution in [3.05, 3.63) is 263 Å². The Balaban J connectivity index is 0.000000141. The minimum absolute atomic E-state index is 0.0182. The first-order valence-electron chi connectivity index (χ1n) is 39.0. The molecule has 0 amide bonds. The highest BCUT2D eigenvalue weighted by Gasteiger charge is 2.65. The minimum atomic E-state index is -4.93. The number of aliphatic hydroxyl groups excluding tert-OH is 8. The number of hydrogen-bond donors (Lipinski definition) is 12. The molecule has 0 spiro atoms. The average Bonchev–Trinajstić information content (AvgIpc) is 1.56. The Kier molecular flexibility index (Phi) is 24.0. The lowest BCUT2D eigenvalue weighted by Crippen LogP contribution is -2.45. The molecule has 4 unspecified atom stereocenters. The molecule has 0 bridgehead atoms. The van der Waals surface area contributed by atoms with Gasteiger partial charge in [0.25, 0.3) is 0 Å². The summed E-state index contributed by atoms with van der Waals surface area (Å²) < 4.78 is 175. The van der Waals surface area contributed by atoms with Crippen LogP contribution in [0.5, 0.6) is 0 Å². The van der Waals surface area contributed by atoms with E-state index in [9.17, 15) is 114 Å². The molecule has 4 aliphatic rings. The van der Waals surface area contributed by atoms with Gasteiger partial charge in [0.2, 0.25) is 22.4 Å². The standard InChI is InChI=1S/C26H29F3N2O3.C23H23F3N2O2.C21H19F3N2O4.C21H19F3N2O3/c1-24(2,3)9-8-16-10-20(17-12-30-31(13-17)18(14-32)15-33)23-19-6-4-5-7-21(19)25(34,22(23)11-16)26(27,28)29;1-21(2,3)13-28-11-16(10-27-28)14-8-15(12-29)20-17-6-4-5-7-18(17)22(30,19(20)9-14)23(24,25)26;22-21(23,24)20(30)16-6-2-1-4-15(16)18-14(5-3-7-17(18)20)13-8-25-26(9-13)19(10-27,11-28)12-29;1-19(11-27,12-28)26-10-13(9-25-26)14-6-4-8-17-18(14)15-5-2-3-7-16(15)20(17,29)21(22,23)24/h4-7,10-13,18,32-34H,8-9,14-15H2,1-3H3;4-11,29-30H,12-13H2,1-3H3;1-9,27-30H,10-12H2;2-10,27-29H,11-12H2,1H3. The van der Waals surface area contributed by atoms with Crippen LogP contribution < -0.4 is 0 Å². The largest absolute Gasteiger partial charge is 0.425 e. The first-order valence-corrected chi connectivity index (χ1v) is 39.0. The zero-order valence-corrected chi connectivity index (χ0v) is 67.5. The van der Waals surface area contributed by atoms with Crippen LogP contribution >= 0.6 is 0 Å². The summed E-state index contributed by atoms with van der Waals surface area (Å²) in [5.41, 5.74) is -9.68. The average molecular weight is 1720 g/mol. The maximum absolute atomic E-state index is 14.4. The second-order valence-electron chi connectivity index (χ2n) is 33.9. The molecule has 0 fully saturated rings. The quantitative estimate of drug-likeness (QED) is 0.0355. The van der Waals surface area contributed by atoms with E-state index in [0.29, 0.717) is 85.3 Å². The SMILES string of the molecule is CC(C)(C)CCc1cc(-c2cnn(C(CO)CO)c2)c2c(c1)C(O)(C(F)(F)F)c1ccccc1-2.CC(C)(C)Cn1cc(-c2cc(CO)c3c(c2)C(O)(C(F)(F)F)c2ccccc2-3)cn1.CC(CO)(CO)n1cc(-c2cccc3c2-c2ccccc2C3(O)C(F)(F)F)cn1.OCC(CO)(CO)n1cc(-c2cccc3c2-c2ccccc2C3(O)C(F)(F)F)cn1. The molecule has 16 rings (SSSR count). The molecule has 8 aromatic carbocycles. The van der Waals surface area contributed by atoms with Gasteiger partial charge in [-0.2, -0.15) is 73.1 Å². The monoisotopic (exact) mass is 1710 g/mol. The van der Waals surface area contributed by atoms with Crippen LogP contribution in [0.2, 0.25) is 0 Å². The Hall–Kier alpha value is -10.7. The summed E-state index contributed by atoms with van der Waals surface area (Å²) in [5, 5.41) is 138. The number of aryl methyl sites for hydroxylation is 1. The highest BCUT2D eigenvalue weighted by molar-refractivity contribution is 5.95. The van der Waals surface area contributed by atoms with Gasteiger partial charge in [0.15, 0.2) is 0 Å². The second kappa shape index (κ2) is 32.8. The Morgan fingerprint density at radius 2 is 0.715 bits per heavy atom. The van der Waals surface area contributed by atoms with Crippen molar-refractivity contribution < 1.29 is 114 Å². The van der Waals surface area contributed by atoms with Crippen molar-refractivity contribution in [3.63, 3.8) is 0 Å². The van der Waals surface area contributed by atoms with Crippen LogP contribution in [0.4, 0.5) is 52.7 Å². The summed E-state index contributed by atoms with van der Waals surface area (Å²) in [4.78, 5) is 0. The van der Waals surface area contributed by atoms with Crippen LogP contribution in [0.15, 0.2) is 207 Å². The van der Waals surface area contributed by atoms with Crippen molar-refractivity contribution in [2.75, 3.05) is 46.2 Å². The molecule has 4 aromatic heterocycles. The predicted octanol–water partition coefficient (Wildman–Crippen LogP) is 14.7. The summed E-state index contributed by atoms with van der Waals surface area (Å²) in [6, 6.07) is 38.1. The van der Waals surface area contributed by atoms with Gasteiger partial charge in [-0.1, -0.05) is 187 Å². The van der Waals surface area contributed by atoms with E-state index in [4.69, 9.17) is 0 Å². The molecular weight excluding hydrogens is 1630 g/mol. The van der Waals surface area contributed by atoms with E-state index in [2.05, 4.69) is 61.9 Å². The topological polar surface area (TPSA) is 314 Å². The lowest BCUT2D eigenvalue weighted by atomic mass is 9.84. The Morgan fingerprint density at radius 1 is 0.341 bits per heavy atom. The fraction of sp³-hybridized carbons (Fsp3) is 0.341. The first kappa shape index (κ1) is 90.0. The van der Waals surface area contributed by atoms with Gasteiger partial charge < -0.3 is 61.3 Å². The van der Waals surface area contributed by atoms with E-state index < -0.39 is 90.7 Å². The summed E-state index contributed by atoms with van der Waals surface area (Å²) in [6.45, 7) is 11.0. The highest BCUT2D eigenvalue weighted by atomic mass is 19.4. The van der Waals surface area contributed by atoms with Crippen LogP contribution in [0.25, 0.3) is 89.0 Å². The molecule has 20 nitrogen and oxygen atoms in total. The summed E-state index contributed by atoms with van der Waals surface area (Å²) in [6.07, 6.45) is -6.08. The van der Waals surface area contributed by atoms with Crippen molar-refractivity contribution in [1.82, 2.24) is 39.1 Å². The molecule has 32 heteroatoms. The van der Waals surface area contributed by atoms with Gasteiger partial charge >= 0.3 is 24.7 Å². The summed E-state index contributed by atoms with van der Waals surface area (Å²) in [5.74, 6) is 0. The van der Waals surface area contributed by atoms with Crippen LogP contribution in [-0.4, -0.2) is 171 Å². The Bertz CT molecular complexity index is 5880. The normalized spacial score (nSPS) is 18.3. The second-order valence-corrected chi connectivity index (χ2v) is 33.9. The maximum Gasteiger partial charge on any atom is 0.425 e. The van der Waals surface area contributed by atoms with E-state index in [0.717, 1.165) is 6.42 Å². The highest BCUT2D eigenvalue weighted by Crippen LogP contribution is 2.62. The van der Waals surface area contributed by atoms with Gasteiger partial charge in [0, 0.05) is 98.1 Å². The van der Waals surface area contributed by atoms with Crippen LogP contribution in [-0.2, 0) is 53.1 Å². The van der Waals surface area contributed by atoms with Crippen molar-refractivity contribution in [1.29, 1.82) is 0 Å². The number of benzene rings is 8. The minimum Gasteiger partial charge on any atom is -0.394 e. The molecule has 4 atom stereocenters. The van der Waals surface area contributed by atoms with Crippen LogP contribution in [0, 0.1) is 10.8 Å². The van der Waals surface area contributed by atoms with Gasteiger partial charge in [-0.15, -0.1) is 0 Å². The number of nitrogens with zero attached hydrogens (tertiary/aromatic N) is 8. The Labute approximate surface area is 697 Å². The molecule has 4 aliphatic carbocycles. The van der Waals surface area contributed by atoms with Crippen molar-refractivity contribution >= 4 is 0 Å². The van der Waals surface area contributed by atoms with Gasteiger partial charge in [-0.05, 0) is 121 Å².